The minimum absolute atomic E-state index is 0.0143. The van der Waals surface area contributed by atoms with Crippen LogP contribution >= 0.6 is 0 Å². The molecule has 5 nitrogen and oxygen atoms in total. The maximum absolute atomic E-state index is 12.4. The molecule has 1 atom stereocenters. The highest BCUT2D eigenvalue weighted by atomic mass is 16.6. The number of nitrogens with zero attached hydrogens (tertiary/aromatic N) is 1. The second kappa shape index (κ2) is 6.35. The van der Waals surface area contributed by atoms with E-state index < -0.39 is 5.60 Å². The Morgan fingerprint density at radius 1 is 1.29 bits per heavy atom. The van der Waals surface area contributed by atoms with Gasteiger partial charge in [0.25, 0.3) is 0 Å². The van der Waals surface area contributed by atoms with E-state index in [0.717, 1.165) is 24.4 Å². The number of nitrogens with one attached hydrogen (secondary N) is 1. The van der Waals surface area contributed by atoms with E-state index in [2.05, 4.69) is 5.32 Å². The monoisotopic (exact) mass is 292 g/mol. The lowest BCUT2D eigenvalue weighted by molar-refractivity contribution is 0.0118. The summed E-state index contributed by atoms with van der Waals surface area (Å²) in [7, 11) is 1.64. The molecule has 1 amide bonds. The molecule has 0 saturated carbocycles. The first-order chi connectivity index (χ1) is 9.90. The molecule has 0 unspecified atom stereocenters. The average molecular weight is 292 g/mol. The van der Waals surface area contributed by atoms with Crippen molar-refractivity contribution in [3.8, 4) is 5.75 Å². The molecule has 0 aromatic heterocycles. The molecule has 1 aromatic rings. The summed E-state index contributed by atoms with van der Waals surface area (Å²) in [5, 5.41) is 3.33. The lowest BCUT2D eigenvalue weighted by Crippen LogP contribution is -2.50. The van der Waals surface area contributed by atoms with Crippen molar-refractivity contribution in [2.75, 3.05) is 26.7 Å². The number of carbonyl (C=O) groups excluding carboxylic acids is 1. The zero-order chi connectivity index (χ0) is 15.5. The average Bonchev–Trinajstić information content (AvgIpc) is 2.45. The second-order valence-electron chi connectivity index (χ2n) is 6.17. The van der Waals surface area contributed by atoms with Crippen LogP contribution in [0.5, 0.6) is 5.75 Å². The fourth-order valence-corrected chi connectivity index (χ4v) is 2.37. The smallest absolute Gasteiger partial charge is 0.410 e. The summed E-state index contributed by atoms with van der Waals surface area (Å²) < 4.78 is 10.7. The Balaban J connectivity index is 2.16. The summed E-state index contributed by atoms with van der Waals surface area (Å²) in [5.74, 6) is 0.811. The molecule has 0 radical (unpaired) electrons. The third kappa shape index (κ3) is 4.11. The molecule has 1 aromatic carbocycles. The Morgan fingerprint density at radius 2 is 1.95 bits per heavy atom. The first kappa shape index (κ1) is 15.6. The van der Waals surface area contributed by atoms with E-state index >= 15 is 0 Å². The number of carbonyl (C=O) groups is 1. The second-order valence-corrected chi connectivity index (χ2v) is 6.17. The third-order valence-electron chi connectivity index (χ3n) is 3.37. The molecule has 1 fully saturated rings. The highest BCUT2D eigenvalue weighted by molar-refractivity contribution is 5.69. The summed E-state index contributed by atoms with van der Waals surface area (Å²) in [6, 6.07) is 7.80. The third-order valence-corrected chi connectivity index (χ3v) is 3.37. The van der Waals surface area contributed by atoms with E-state index in [1.165, 1.54) is 0 Å². The number of hydrogen-bond acceptors (Lipinski definition) is 4. The molecule has 1 heterocycles. The first-order valence-corrected chi connectivity index (χ1v) is 7.25. The highest BCUT2D eigenvalue weighted by Gasteiger charge is 2.31. The van der Waals surface area contributed by atoms with Gasteiger partial charge in [0.05, 0.1) is 13.2 Å². The number of amides is 1. The predicted molar refractivity (Wildman–Crippen MR) is 81.5 cm³/mol. The van der Waals surface area contributed by atoms with Gasteiger partial charge >= 0.3 is 6.09 Å². The van der Waals surface area contributed by atoms with Crippen LogP contribution in [0.3, 0.4) is 0 Å². The van der Waals surface area contributed by atoms with Gasteiger partial charge in [0.2, 0.25) is 0 Å². The lowest BCUT2D eigenvalue weighted by atomic mass is 10.0. The zero-order valence-corrected chi connectivity index (χ0v) is 13.2. The van der Waals surface area contributed by atoms with Crippen molar-refractivity contribution in [2.24, 2.45) is 0 Å². The van der Waals surface area contributed by atoms with Crippen molar-refractivity contribution in [3.05, 3.63) is 29.8 Å². The molecule has 1 saturated heterocycles. The van der Waals surface area contributed by atoms with Crippen LogP contribution in [0.2, 0.25) is 0 Å². The van der Waals surface area contributed by atoms with Crippen LogP contribution in [0.1, 0.15) is 32.4 Å². The van der Waals surface area contributed by atoms with E-state index in [1.54, 1.807) is 12.0 Å². The zero-order valence-electron chi connectivity index (χ0n) is 13.2. The van der Waals surface area contributed by atoms with E-state index in [-0.39, 0.29) is 12.1 Å². The van der Waals surface area contributed by atoms with E-state index in [0.29, 0.717) is 6.54 Å². The van der Waals surface area contributed by atoms with Gasteiger partial charge in [-0.25, -0.2) is 4.79 Å². The van der Waals surface area contributed by atoms with Gasteiger partial charge < -0.3 is 14.8 Å². The number of hydrogen-bond donors (Lipinski definition) is 1. The molecule has 116 valence electrons. The summed E-state index contributed by atoms with van der Waals surface area (Å²) in [5.41, 5.74) is 0.598. The molecule has 2 rings (SSSR count). The lowest BCUT2D eigenvalue weighted by Gasteiger charge is -2.37. The number of benzene rings is 1. The van der Waals surface area contributed by atoms with Crippen molar-refractivity contribution in [2.45, 2.75) is 32.4 Å². The number of rotatable bonds is 2. The molecular weight excluding hydrogens is 268 g/mol. The number of ether oxygens (including phenoxy) is 2. The van der Waals surface area contributed by atoms with E-state index in [1.807, 2.05) is 45.0 Å². The Bertz CT molecular complexity index is 479. The van der Waals surface area contributed by atoms with Crippen LogP contribution in [0.15, 0.2) is 24.3 Å². The van der Waals surface area contributed by atoms with Crippen LogP contribution in [-0.2, 0) is 4.74 Å². The molecule has 0 spiro atoms. The molecule has 0 bridgehead atoms. The van der Waals surface area contributed by atoms with Crippen LogP contribution in [0, 0.1) is 0 Å². The fourth-order valence-electron chi connectivity index (χ4n) is 2.37. The van der Waals surface area contributed by atoms with Crippen molar-refractivity contribution in [1.82, 2.24) is 10.2 Å². The predicted octanol–water partition coefficient (Wildman–Crippen LogP) is 2.58. The van der Waals surface area contributed by atoms with Gasteiger partial charge in [-0.05, 0) is 38.5 Å². The summed E-state index contributed by atoms with van der Waals surface area (Å²) in [6.45, 7) is 7.81. The van der Waals surface area contributed by atoms with E-state index in [9.17, 15) is 4.79 Å². The largest absolute Gasteiger partial charge is 0.497 e. The van der Waals surface area contributed by atoms with E-state index in [4.69, 9.17) is 9.47 Å². The van der Waals surface area contributed by atoms with Crippen molar-refractivity contribution in [1.29, 1.82) is 0 Å². The van der Waals surface area contributed by atoms with Crippen molar-refractivity contribution >= 4 is 6.09 Å². The Labute approximate surface area is 126 Å². The van der Waals surface area contributed by atoms with Crippen molar-refractivity contribution in [3.63, 3.8) is 0 Å². The van der Waals surface area contributed by atoms with Crippen molar-refractivity contribution < 1.29 is 14.3 Å². The number of piperazine rings is 1. The number of methoxy groups -OCH3 is 1. The molecule has 0 aliphatic carbocycles. The Kier molecular flexibility index (Phi) is 4.73. The van der Waals surface area contributed by atoms with Gasteiger partial charge in [-0.15, -0.1) is 0 Å². The Hall–Kier alpha value is -1.75. The molecule has 1 N–H and O–H groups in total. The maximum Gasteiger partial charge on any atom is 0.410 e. The highest BCUT2D eigenvalue weighted by Crippen LogP contribution is 2.26. The summed E-state index contributed by atoms with van der Waals surface area (Å²) in [4.78, 5) is 14.2. The minimum atomic E-state index is -0.480. The fraction of sp³-hybridized carbons (Fsp3) is 0.562. The summed E-state index contributed by atoms with van der Waals surface area (Å²) >= 11 is 0. The topological polar surface area (TPSA) is 50.8 Å². The Morgan fingerprint density at radius 3 is 2.52 bits per heavy atom. The standard InChI is InChI=1S/C16H24N2O3/c1-16(2,3)21-15(19)18-10-9-17-11-14(18)12-5-7-13(20-4)8-6-12/h5-8,14,17H,9-11H2,1-4H3/t14-/m0/s1. The minimum Gasteiger partial charge on any atom is -0.497 e. The molecular formula is C16H24N2O3. The van der Waals surface area contributed by atoms with Gasteiger partial charge in [-0.1, -0.05) is 12.1 Å². The maximum atomic E-state index is 12.4. The summed E-state index contributed by atoms with van der Waals surface area (Å²) in [6.07, 6.45) is -0.259. The van der Waals surface area contributed by atoms with Gasteiger partial charge in [0, 0.05) is 19.6 Å². The quantitative estimate of drug-likeness (QED) is 0.910. The molecule has 5 heteroatoms. The van der Waals surface area contributed by atoms with Crippen LogP contribution in [0.25, 0.3) is 0 Å². The van der Waals surface area contributed by atoms with Gasteiger partial charge in [-0.2, -0.15) is 0 Å². The van der Waals surface area contributed by atoms with Crippen LogP contribution in [0.4, 0.5) is 4.79 Å². The molecule has 1 aliphatic heterocycles. The van der Waals surface area contributed by atoms with Gasteiger partial charge in [-0.3, -0.25) is 4.90 Å². The van der Waals surface area contributed by atoms with Gasteiger partial charge in [0.1, 0.15) is 11.4 Å². The van der Waals surface area contributed by atoms with Gasteiger partial charge in [0.15, 0.2) is 0 Å². The molecule has 21 heavy (non-hydrogen) atoms. The SMILES string of the molecule is COc1ccc([C@@H]2CNCCN2C(=O)OC(C)(C)C)cc1. The molecule has 1 aliphatic rings. The van der Waals surface area contributed by atoms with Crippen LogP contribution in [-0.4, -0.2) is 43.3 Å². The van der Waals surface area contributed by atoms with Crippen LogP contribution < -0.4 is 10.1 Å². The normalized spacial score (nSPS) is 19.2. The first-order valence-electron chi connectivity index (χ1n) is 7.25.